The lowest BCUT2D eigenvalue weighted by Crippen LogP contribution is -2.26. The second-order valence-electron chi connectivity index (χ2n) is 4.09. The largest absolute Gasteiger partial charge is 0.345 e. The summed E-state index contributed by atoms with van der Waals surface area (Å²) >= 11 is 7.87. The predicted molar refractivity (Wildman–Crippen MR) is 82.0 cm³/mol. The molecule has 1 aromatic carbocycles. The van der Waals surface area contributed by atoms with E-state index in [9.17, 15) is 13.6 Å². The summed E-state index contributed by atoms with van der Waals surface area (Å²) < 4.78 is 28.1. The molecular formula is C13H9Br2F2NOS. The minimum atomic E-state index is -0.675. The van der Waals surface area contributed by atoms with Crippen LogP contribution in [0, 0.1) is 11.6 Å². The van der Waals surface area contributed by atoms with E-state index >= 15 is 0 Å². The smallest absolute Gasteiger partial charge is 0.261 e. The lowest BCUT2D eigenvalue weighted by molar-refractivity contribution is 0.0943. The maximum Gasteiger partial charge on any atom is 0.261 e. The number of carbonyl (C=O) groups is 1. The van der Waals surface area contributed by atoms with E-state index < -0.39 is 17.7 Å². The molecule has 2 rings (SSSR count). The third-order valence-corrected chi connectivity index (χ3v) is 5.90. The molecule has 0 aliphatic heterocycles. The normalized spacial score (nSPS) is 12.2. The quantitative estimate of drug-likeness (QED) is 0.734. The average Bonchev–Trinajstić information content (AvgIpc) is 2.69. The molecule has 1 heterocycles. The molecular weight excluding hydrogens is 416 g/mol. The van der Waals surface area contributed by atoms with Gasteiger partial charge >= 0.3 is 0 Å². The third-order valence-electron chi connectivity index (χ3n) is 2.65. The molecule has 1 unspecified atom stereocenters. The van der Waals surface area contributed by atoms with Crippen molar-refractivity contribution >= 4 is 49.1 Å². The fourth-order valence-electron chi connectivity index (χ4n) is 1.66. The first-order valence-corrected chi connectivity index (χ1v) is 7.99. The molecule has 1 N–H and O–H groups in total. The zero-order valence-electron chi connectivity index (χ0n) is 10.2. The molecule has 0 aliphatic carbocycles. The highest BCUT2D eigenvalue weighted by molar-refractivity contribution is 9.13. The Bertz CT molecular complexity index is 640. The van der Waals surface area contributed by atoms with Gasteiger partial charge in [0.15, 0.2) is 0 Å². The van der Waals surface area contributed by atoms with Gasteiger partial charge in [-0.05, 0) is 50.9 Å². The Labute approximate surface area is 135 Å². The van der Waals surface area contributed by atoms with Crippen molar-refractivity contribution < 1.29 is 13.6 Å². The van der Waals surface area contributed by atoms with Crippen molar-refractivity contribution in [2.45, 2.75) is 13.0 Å². The van der Waals surface area contributed by atoms with Crippen LogP contribution in [0.3, 0.4) is 0 Å². The van der Waals surface area contributed by atoms with E-state index in [4.69, 9.17) is 0 Å². The zero-order valence-corrected chi connectivity index (χ0v) is 14.2. The minimum absolute atomic E-state index is 0.245. The van der Waals surface area contributed by atoms with Crippen molar-refractivity contribution in [1.82, 2.24) is 5.32 Å². The summed E-state index contributed by atoms with van der Waals surface area (Å²) in [7, 11) is 0. The Balaban J connectivity index is 2.14. The van der Waals surface area contributed by atoms with Crippen LogP contribution in [0.15, 0.2) is 32.5 Å². The van der Waals surface area contributed by atoms with E-state index in [0.717, 1.165) is 14.3 Å². The number of carbonyl (C=O) groups excluding carboxylic acids is 1. The lowest BCUT2D eigenvalue weighted by Gasteiger charge is -2.14. The fourth-order valence-corrected chi connectivity index (χ4v) is 3.60. The molecule has 1 aromatic heterocycles. The van der Waals surface area contributed by atoms with Crippen LogP contribution in [0.25, 0.3) is 0 Å². The van der Waals surface area contributed by atoms with Gasteiger partial charge in [-0.3, -0.25) is 4.79 Å². The summed E-state index contributed by atoms with van der Waals surface area (Å²) in [4.78, 5) is 12.5. The van der Waals surface area contributed by atoms with Gasteiger partial charge in [-0.1, -0.05) is 6.07 Å². The molecule has 0 spiro atoms. The van der Waals surface area contributed by atoms with E-state index in [0.29, 0.717) is 4.88 Å². The van der Waals surface area contributed by atoms with Crippen molar-refractivity contribution in [1.29, 1.82) is 0 Å². The van der Waals surface area contributed by atoms with Gasteiger partial charge in [0.25, 0.3) is 5.91 Å². The van der Waals surface area contributed by atoms with Crippen LogP contribution in [-0.2, 0) is 0 Å². The number of hydrogen-bond acceptors (Lipinski definition) is 2. The first-order valence-electron chi connectivity index (χ1n) is 5.59. The van der Waals surface area contributed by atoms with Crippen molar-refractivity contribution in [2.75, 3.05) is 0 Å². The molecule has 2 aromatic rings. The van der Waals surface area contributed by atoms with Crippen LogP contribution in [0.2, 0.25) is 0 Å². The summed E-state index contributed by atoms with van der Waals surface area (Å²) in [6, 6.07) is 4.42. The molecule has 0 saturated heterocycles. The number of halogens is 4. The average molecular weight is 425 g/mol. The van der Waals surface area contributed by atoms with E-state index in [1.807, 2.05) is 0 Å². The van der Waals surface area contributed by atoms with Crippen molar-refractivity contribution in [3.63, 3.8) is 0 Å². The number of rotatable bonds is 3. The van der Waals surface area contributed by atoms with Crippen LogP contribution >= 0.6 is 43.2 Å². The predicted octanol–water partition coefficient (Wildman–Crippen LogP) is 5.04. The second kappa shape index (κ2) is 6.32. The summed E-state index contributed by atoms with van der Waals surface area (Å²) in [6.45, 7) is 1.64. The van der Waals surface area contributed by atoms with E-state index in [1.54, 1.807) is 13.0 Å². The lowest BCUT2D eigenvalue weighted by atomic mass is 10.1. The van der Waals surface area contributed by atoms with E-state index in [1.165, 1.54) is 23.5 Å². The molecule has 0 radical (unpaired) electrons. The Morgan fingerprint density at radius 2 is 2.00 bits per heavy atom. The number of thiophene rings is 1. The van der Waals surface area contributed by atoms with Gasteiger partial charge in [0.1, 0.15) is 11.6 Å². The molecule has 106 valence electrons. The van der Waals surface area contributed by atoms with Crippen molar-refractivity contribution in [2.24, 2.45) is 0 Å². The Morgan fingerprint density at radius 3 is 2.55 bits per heavy atom. The van der Waals surface area contributed by atoms with E-state index in [-0.39, 0.29) is 11.5 Å². The highest BCUT2D eigenvalue weighted by atomic mass is 79.9. The third kappa shape index (κ3) is 3.45. The van der Waals surface area contributed by atoms with Gasteiger partial charge in [-0.2, -0.15) is 0 Å². The monoisotopic (exact) mass is 423 g/mol. The molecule has 1 amide bonds. The van der Waals surface area contributed by atoms with Crippen LogP contribution in [-0.4, -0.2) is 5.91 Å². The molecule has 1 atom stereocenters. The topological polar surface area (TPSA) is 29.1 Å². The zero-order chi connectivity index (χ0) is 14.9. The molecule has 20 heavy (non-hydrogen) atoms. The maximum absolute atomic E-state index is 13.6. The molecule has 0 fully saturated rings. The van der Waals surface area contributed by atoms with Crippen molar-refractivity contribution in [3.8, 4) is 0 Å². The summed E-state index contributed by atoms with van der Waals surface area (Å²) in [5, 5.41) is 2.68. The number of benzene rings is 1. The second-order valence-corrected chi connectivity index (χ2v) is 7.32. The van der Waals surface area contributed by atoms with Crippen LogP contribution in [0.4, 0.5) is 8.78 Å². The molecule has 0 saturated carbocycles. The summed E-state index contributed by atoms with van der Waals surface area (Å²) in [6.07, 6.45) is 0. The maximum atomic E-state index is 13.6. The van der Waals surface area contributed by atoms with Gasteiger partial charge in [0.2, 0.25) is 0 Å². The van der Waals surface area contributed by atoms with Gasteiger partial charge < -0.3 is 5.32 Å². The van der Waals surface area contributed by atoms with Gasteiger partial charge in [-0.15, -0.1) is 11.3 Å². The highest BCUT2D eigenvalue weighted by Crippen LogP contribution is 2.32. The van der Waals surface area contributed by atoms with Gasteiger partial charge in [-0.25, -0.2) is 8.78 Å². The Hall–Kier alpha value is -0.790. The van der Waals surface area contributed by atoms with Crippen LogP contribution in [0.5, 0.6) is 0 Å². The fraction of sp³-hybridized carbons (Fsp3) is 0.154. The summed E-state index contributed by atoms with van der Waals surface area (Å²) in [5.74, 6) is -1.63. The SMILES string of the molecule is CC(NC(=O)c1cc(Br)c(Br)s1)c1ccc(F)cc1F. The highest BCUT2D eigenvalue weighted by Gasteiger charge is 2.17. The number of amides is 1. The molecule has 7 heteroatoms. The van der Waals surface area contributed by atoms with Gasteiger partial charge in [0.05, 0.1) is 14.7 Å². The first-order chi connectivity index (χ1) is 9.38. The molecule has 0 bridgehead atoms. The Morgan fingerprint density at radius 1 is 1.30 bits per heavy atom. The van der Waals surface area contributed by atoms with Crippen LogP contribution in [0.1, 0.15) is 28.2 Å². The first kappa shape index (κ1) is 15.6. The van der Waals surface area contributed by atoms with Crippen LogP contribution < -0.4 is 5.32 Å². The van der Waals surface area contributed by atoms with Crippen molar-refractivity contribution in [3.05, 3.63) is 54.6 Å². The standard InChI is InChI=1S/C13H9Br2F2NOS/c1-6(8-3-2-7(16)4-10(8)17)18-13(19)11-5-9(14)12(15)20-11/h2-6H,1H3,(H,18,19). The molecule has 0 aliphatic rings. The minimum Gasteiger partial charge on any atom is -0.345 e. The van der Waals surface area contributed by atoms with Gasteiger partial charge in [0, 0.05) is 16.1 Å². The number of nitrogens with one attached hydrogen (secondary N) is 1. The van der Waals surface area contributed by atoms with E-state index in [2.05, 4.69) is 37.2 Å². The number of hydrogen-bond donors (Lipinski definition) is 1. The molecule has 2 nitrogen and oxygen atoms in total. The Kier molecular flexibility index (Phi) is 4.93. The summed E-state index contributed by atoms with van der Waals surface area (Å²) in [5.41, 5.74) is 0.245.